The second kappa shape index (κ2) is 7.56. The molecule has 2 saturated heterocycles. The van der Waals surface area contributed by atoms with Gasteiger partial charge in [0.05, 0.1) is 19.3 Å². The lowest BCUT2D eigenvalue weighted by Gasteiger charge is -2.53. The highest BCUT2D eigenvalue weighted by Crippen LogP contribution is 2.54. The van der Waals surface area contributed by atoms with Crippen molar-refractivity contribution in [1.29, 1.82) is 0 Å². The van der Waals surface area contributed by atoms with Crippen molar-refractivity contribution in [2.24, 2.45) is 11.8 Å². The van der Waals surface area contributed by atoms with Gasteiger partial charge >= 0.3 is 5.97 Å². The predicted octanol–water partition coefficient (Wildman–Crippen LogP) is 3.50. The Morgan fingerprint density at radius 2 is 2.21 bits per heavy atom. The Kier molecular flexibility index (Phi) is 5.27. The first-order valence-corrected chi connectivity index (χ1v) is 10.3. The maximum atomic E-state index is 10.8. The summed E-state index contributed by atoms with van der Waals surface area (Å²) in [5, 5.41) is 8.87. The molecule has 0 saturated carbocycles. The predicted molar refractivity (Wildman–Crippen MR) is 105 cm³/mol. The number of carbonyl (C=O) groups is 1. The smallest absolute Gasteiger partial charge is 0.303 e. The first-order valence-electron chi connectivity index (χ1n) is 10.3. The van der Waals surface area contributed by atoms with Crippen LogP contribution in [0.4, 0.5) is 0 Å². The molecular formula is C22H31NO5. The van der Waals surface area contributed by atoms with E-state index in [0.29, 0.717) is 12.3 Å². The number of carboxylic acid groups (broad SMARTS) is 1. The molecule has 3 heterocycles. The van der Waals surface area contributed by atoms with Crippen molar-refractivity contribution in [1.82, 2.24) is 4.90 Å². The molecule has 1 aromatic rings. The average Bonchev–Trinajstić information content (AvgIpc) is 2.66. The SMILES string of the molecule is COc1cccc2c1OC(C)(C)[C@H]1C[C@@H]3CN(CCCC(=O)O)CC[C@@H]3O[C@H]21. The monoisotopic (exact) mass is 389 g/mol. The molecule has 6 heteroatoms. The van der Waals surface area contributed by atoms with Crippen LogP contribution < -0.4 is 9.47 Å². The second-order valence-electron chi connectivity index (χ2n) is 8.87. The number of aliphatic carboxylic acids is 1. The molecule has 154 valence electrons. The molecule has 1 aromatic carbocycles. The molecule has 0 radical (unpaired) electrons. The molecule has 6 nitrogen and oxygen atoms in total. The Balaban J connectivity index is 1.51. The van der Waals surface area contributed by atoms with E-state index in [1.807, 2.05) is 12.1 Å². The van der Waals surface area contributed by atoms with Crippen molar-refractivity contribution in [2.45, 2.75) is 57.3 Å². The summed E-state index contributed by atoms with van der Waals surface area (Å²) in [6.45, 7) is 7.11. The molecule has 1 N–H and O–H groups in total. The molecule has 3 aliphatic rings. The van der Waals surface area contributed by atoms with E-state index in [2.05, 4.69) is 24.8 Å². The fraction of sp³-hybridized carbons (Fsp3) is 0.682. The molecule has 2 fully saturated rings. The average molecular weight is 389 g/mol. The fourth-order valence-electron chi connectivity index (χ4n) is 5.19. The Hall–Kier alpha value is -1.79. The summed E-state index contributed by atoms with van der Waals surface area (Å²) in [7, 11) is 1.68. The molecule has 4 atom stereocenters. The van der Waals surface area contributed by atoms with Gasteiger partial charge < -0.3 is 24.2 Å². The summed E-state index contributed by atoms with van der Waals surface area (Å²) >= 11 is 0. The van der Waals surface area contributed by atoms with Crippen molar-refractivity contribution in [3.63, 3.8) is 0 Å². The molecule has 4 rings (SSSR count). The van der Waals surface area contributed by atoms with Crippen molar-refractivity contribution in [3.8, 4) is 11.5 Å². The maximum Gasteiger partial charge on any atom is 0.303 e. The van der Waals surface area contributed by atoms with Crippen molar-refractivity contribution < 1.29 is 24.1 Å². The maximum absolute atomic E-state index is 10.8. The number of likely N-dealkylation sites (tertiary alicyclic amines) is 1. The second-order valence-corrected chi connectivity index (χ2v) is 8.87. The van der Waals surface area contributed by atoms with Gasteiger partial charge in [0.25, 0.3) is 0 Å². The van der Waals surface area contributed by atoms with Gasteiger partial charge in [0.15, 0.2) is 11.5 Å². The number of fused-ring (bicyclic) bond motifs is 4. The Morgan fingerprint density at radius 3 is 2.96 bits per heavy atom. The van der Waals surface area contributed by atoms with E-state index in [1.165, 1.54) is 0 Å². The Morgan fingerprint density at radius 1 is 1.39 bits per heavy atom. The van der Waals surface area contributed by atoms with Crippen LogP contribution in [0.15, 0.2) is 18.2 Å². The van der Waals surface area contributed by atoms with Crippen LogP contribution in [-0.4, -0.2) is 54.4 Å². The van der Waals surface area contributed by atoms with E-state index in [4.69, 9.17) is 19.3 Å². The number of benzene rings is 1. The summed E-state index contributed by atoms with van der Waals surface area (Å²) < 4.78 is 18.6. The van der Waals surface area contributed by atoms with Gasteiger partial charge in [-0.3, -0.25) is 4.79 Å². The lowest BCUT2D eigenvalue weighted by atomic mass is 9.70. The third-order valence-corrected chi connectivity index (χ3v) is 6.65. The van der Waals surface area contributed by atoms with Crippen LogP contribution in [-0.2, 0) is 9.53 Å². The van der Waals surface area contributed by atoms with E-state index >= 15 is 0 Å². The van der Waals surface area contributed by atoms with Crippen LogP contribution in [0.5, 0.6) is 11.5 Å². The molecule has 0 unspecified atom stereocenters. The molecule has 0 aromatic heterocycles. The van der Waals surface area contributed by atoms with Gasteiger partial charge in [-0.05, 0) is 51.6 Å². The fourth-order valence-corrected chi connectivity index (χ4v) is 5.19. The minimum atomic E-state index is -0.714. The standard InChI is InChI=1S/C22H31NO5/c1-22(2)16-12-14-13-23(10-5-8-19(24)25)11-9-17(14)27-20(16)15-6-4-7-18(26-3)21(15)28-22/h4,6-7,14,16-17,20H,5,8-13H2,1-3H3,(H,24,25)/t14-,16+,17+,20-/m1/s1. The molecule has 0 aliphatic carbocycles. The first kappa shape index (κ1) is 19.5. The van der Waals surface area contributed by atoms with Crippen LogP contribution in [0.2, 0.25) is 0 Å². The van der Waals surface area contributed by atoms with Gasteiger partial charge in [0.2, 0.25) is 0 Å². The number of carboxylic acids is 1. The summed E-state index contributed by atoms with van der Waals surface area (Å²) in [5.74, 6) is 1.62. The number of methoxy groups -OCH3 is 1. The number of hydrogen-bond donors (Lipinski definition) is 1. The Bertz CT molecular complexity index is 734. The van der Waals surface area contributed by atoms with E-state index in [-0.39, 0.29) is 30.1 Å². The zero-order chi connectivity index (χ0) is 19.9. The normalized spacial score (nSPS) is 31.1. The van der Waals surface area contributed by atoms with Gasteiger partial charge in [-0.15, -0.1) is 0 Å². The van der Waals surface area contributed by atoms with Crippen molar-refractivity contribution in [3.05, 3.63) is 23.8 Å². The zero-order valence-electron chi connectivity index (χ0n) is 17.0. The summed E-state index contributed by atoms with van der Waals surface area (Å²) in [6.07, 6.45) is 3.31. The number of para-hydroxylation sites is 1. The molecular weight excluding hydrogens is 358 g/mol. The van der Waals surface area contributed by atoms with Crippen LogP contribution in [0, 0.1) is 11.8 Å². The van der Waals surface area contributed by atoms with E-state index in [9.17, 15) is 4.79 Å². The lowest BCUT2D eigenvalue weighted by Crippen LogP contribution is -2.55. The van der Waals surface area contributed by atoms with Gasteiger partial charge in [-0.2, -0.15) is 0 Å². The topological polar surface area (TPSA) is 68.2 Å². The summed E-state index contributed by atoms with van der Waals surface area (Å²) in [5.41, 5.74) is 0.772. The third-order valence-electron chi connectivity index (χ3n) is 6.65. The molecule has 3 aliphatic heterocycles. The van der Waals surface area contributed by atoms with E-state index in [1.54, 1.807) is 7.11 Å². The van der Waals surface area contributed by atoms with Crippen LogP contribution in [0.3, 0.4) is 0 Å². The largest absolute Gasteiger partial charge is 0.493 e. The number of rotatable bonds is 5. The highest BCUT2D eigenvalue weighted by Gasteiger charge is 2.51. The zero-order valence-corrected chi connectivity index (χ0v) is 17.0. The van der Waals surface area contributed by atoms with Crippen molar-refractivity contribution in [2.75, 3.05) is 26.7 Å². The van der Waals surface area contributed by atoms with Crippen LogP contribution >= 0.6 is 0 Å². The lowest BCUT2D eigenvalue weighted by molar-refractivity contribution is -0.187. The number of ether oxygens (including phenoxy) is 3. The summed E-state index contributed by atoms with van der Waals surface area (Å²) in [4.78, 5) is 13.2. The number of hydrogen-bond acceptors (Lipinski definition) is 5. The summed E-state index contributed by atoms with van der Waals surface area (Å²) in [6, 6.07) is 6.06. The quantitative estimate of drug-likeness (QED) is 0.831. The highest BCUT2D eigenvalue weighted by molar-refractivity contribution is 5.66. The first-order chi connectivity index (χ1) is 13.4. The van der Waals surface area contributed by atoms with E-state index in [0.717, 1.165) is 49.5 Å². The molecule has 28 heavy (non-hydrogen) atoms. The Labute approximate surface area is 166 Å². The van der Waals surface area contributed by atoms with Crippen LogP contribution in [0.1, 0.15) is 51.2 Å². The minimum Gasteiger partial charge on any atom is -0.493 e. The highest BCUT2D eigenvalue weighted by atomic mass is 16.5. The minimum absolute atomic E-state index is 0.0358. The van der Waals surface area contributed by atoms with E-state index < -0.39 is 5.97 Å². The van der Waals surface area contributed by atoms with Crippen molar-refractivity contribution >= 4 is 5.97 Å². The van der Waals surface area contributed by atoms with Gasteiger partial charge in [-0.1, -0.05) is 12.1 Å². The molecule has 0 bridgehead atoms. The number of piperidine rings is 1. The number of nitrogens with zero attached hydrogens (tertiary/aromatic N) is 1. The molecule has 0 spiro atoms. The van der Waals surface area contributed by atoms with Gasteiger partial charge in [-0.25, -0.2) is 0 Å². The third kappa shape index (κ3) is 3.60. The van der Waals surface area contributed by atoms with Gasteiger partial charge in [0, 0.05) is 31.0 Å². The van der Waals surface area contributed by atoms with Gasteiger partial charge in [0.1, 0.15) is 5.60 Å². The van der Waals surface area contributed by atoms with Crippen LogP contribution in [0.25, 0.3) is 0 Å². The molecule has 0 amide bonds.